The van der Waals surface area contributed by atoms with Gasteiger partial charge in [-0.15, -0.1) is 0 Å². The second-order valence-corrected chi connectivity index (χ2v) is 2.88. The van der Waals surface area contributed by atoms with E-state index in [-0.39, 0.29) is 16.9 Å². The van der Waals surface area contributed by atoms with E-state index in [1.54, 1.807) is 6.07 Å². The average Bonchev–Trinajstić information content (AvgIpc) is 2.19. The van der Waals surface area contributed by atoms with Gasteiger partial charge < -0.3 is 4.74 Å². The first kappa shape index (κ1) is 11.8. The van der Waals surface area contributed by atoms with Crippen molar-refractivity contribution in [2.75, 3.05) is 0 Å². The smallest absolute Gasteiger partial charge is 0.387 e. The van der Waals surface area contributed by atoms with Gasteiger partial charge in [-0.1, -0.05) is 0 Å². The van der Waals surface area contributed by atoms with Crippen LogP contribution in [0.3, 0.4) is 0 Å². The van der Waals surface area contributed by atoms with Crippen molar-refractivity contribution in [3.05, 3.63) is 33.4 Å². The number of nitro groups is 1. The molecular weight excluding hydrogens is 222 g/mol. The first-order chi connectivity index (χ1) is 7.45. The molecule has 0 bridgehead atoms. The summed E-state index contributed by atoms with van der Waals surface area (Å²) in [6, 6.07) is 3.57. The van der Waals surface area contributed by atoms with Crippen LogP contribution in [0.2, 0.25) is 0 Å². The maximum Gasteiger partial charge on any atom is 0.387 e. The van der Waals surface area contributed by atoms with E-state index in [4.69, 9.17) is 5.26 Å². The van der Waals surface area contributed by atoms with E-state index < -0.39 is 17.2 Å². The molecule has 0 heterocycles. The lowest BCUT2D eigenvalue weighted by Gasteiger charge is -2.07. The van der Waals surface area contributed by atoms with Crippen molar-refractivity contribution in [3.8, 4) is 11.8 Å². The molecule has 16 heavy (non-hydrogen) atoms. The number of ether oxygens (including phenoxy) is 1. The summed E-state index contributed by atoms with van der Waals surface area (Å²) in [7, 11) is 0. The van der Waals surface area contributed by atoms with Crippen molar-refractivity contribution in [1.82, 2.24) is 0 Å². The Labute approximate surface area is 89.0 Å². The van der Waals surface area contributed by atoms with Crippen LogP contribution in [0.4, 0.5) is 14.5 Å². The molecule has 84 valence electrons. The molecule has 0 saturated carbocycles. The van der Waals surface area contributed by atoms with Gasteiger partial charge in [-0.25, -0.2) is 0 Å². The highest BCUT2D eigenvalue weighted by Gasteiger charge is 2.18. The van der Waals surface area contributed by atoms with Crippen LogP contribution >= 0.6 is 0 Å². The van der Waals surface area contributed by atoms with Gasteiger partial charge >= 0.3 is 6.61 Å². The number of alkyl halides is 2. The standard InChI is InChI=1S/C9H6F2N2O3/c1-5-2-6(4-12)7(13(14)15)3-8(5)16-9(10)11/h2-3,9H,1H3. The number of rotatable bonds is 3. The lowest BCUT2D eigenvalue weighted by molar-refractivity contribution is -0.385. The zero-order valence-electron chi connectivity index (χ0n) is 8.11. The van der Waals surface area contributed by atoms with Crippen LogP contribution < -0.4 is 4.74 Å². The number of aryl methyl sites for hydroxylation is 1. The van der Waals surface area contributed by atoms with Crippen LogP contribution in [0.1, 0.15) is 11.1 Å². The number of nitrogens with zero attached hydrogens (tertiary/aromatic N) is 2. The van der Waals surface area contributed by atoms with Crippen molar-refractivity contribution in [1.29, 1.82) is 5.26 Å². The number of halogens is 2. The zero-order valence-corrected chi connectivity index (χ0v) is 8.11. The molecule has 0 aromatic heterocycles. The number of nitriles is 1. The third-order valence-corrected chi connectivity index (χ3v) is 1.83. The van der Waals surface area contributed by atoms with Crippen molar-refractivity contribution >= 4 is 5.69 Å². The van der Waals surface area contributed by atoms with Gasteiger partial charge in [-0.3, -0.25) is 10.1 Å². The third-order valence-electron chi connectivity index (χ3n) is 1.83. The van der Waals surface area contributed by atoms with Crippen molar-refractivity contribution in [3.63, 3.8) is 0 Å². The fourth-order valence-corrected chi connectivity index (χ4v) is 1.14. The lowest BCUT2D eigenvalue weighted by Crippen LogP contribution is -2.04. The van der Waals surface area contributed by atoms with Crippen LogP contribution in [0.15, 0.2) is 12.1 Å². The summed E-state index contributed by atoms with van der Waals surface area (Å²) in [5.41, 5.74) is -0.504. The Bertz CT molecular complexity index is 469. The zero-order chi connectivity index (χ0) is 12.3. The minimum absolute atomic E-state index is 0.191. The number of hydrogen-bond donors (Lipinski definition) is 0. The summed E-state index contributed by atoms with van der Waals surface area (Å²) < 4.78 is 28.0. The fraction of sp³-hybridized carbons (Fsp3) is 0.222. The molecule has 5 nitrogen and oxygen atoms in total. The molecule has 0 N–H and O–H groups in total. The third kappa shape index (κ3) is 2.42. The molecule has 0 saturated heterocycles. The summed E-state index contributed by atoms with van der Waals surface area (Å²) in [6.07, 6.45) is 0. The largest absolute Gasteiger partial charge is 0.434 e. The number of benzene rings is 1. The van der Waals surface area contributed by atoms with E-state index in [2.05, 4.69) is 4.74 Å². The molecular formula is C9H6F2N2O3. The van der Waals surface area contributed by atoms with Gasteiger partial charge in [0.15, 0.2) is 0 Å². The van der Waals surface area contributed by atoms with Crippen LogP contribution in [0, 0.1) is 28.4 Å². The average molecular weight is 228 g/mol. The summed E-state index contributed by atoms with van der Waals surface area (Å²) in [6.45, 7) is -1.64. The normalized spacial score (nSPS) is 9.94. The first-order valence-corrected chi connectivity index (χ1v) is 4.09. The molecule has 0 radical (unpaired) electrons. The molecule has 0 aliphatic heterocycles. The quantitative estimate of drug-likeness (QED) is 0.587. The van der Waals surface area contributed by atoms with E-state index in [1.807, 2.05) is 0 Å². The Hall–Kier alpha value is -2.23. The van der Waals surface area contributed by atoms with Gasteiger partial charge in [0, 0.05) is 0 Å². The second kappa shape index (κ2) is 4.53. The molecule has 0 amide bonds. The van der Waals surface area contributed by atoms with Gasteiger partial charge in [0.1, 0.15) is 17.4 Å². The van der Waals surface area contributed by atoms with Crippen LogP contribution in [-0.4, -0.2) is 11.5 Å². The molecule has 1 aromatic rings. The molecule has 7 heteroatoms. The highest BCUT2D eigenvalue weighted by Crippen LogP contribution is 2.29. The number of nitro benzene ring substituents is 1. The highest BCUT2D eigenvalue weighted by molar-refractivity contribution is 5.55. The fourth-order valence-electron chi connectivity index (χ4n) is 1.14. The molecule has 1 rings (SSSR count). The Morgan fingerprint density at radius 1 is 1.56 bits per heavy atom. The highest BCUT2D eigenvalue weighted by atomic mass is 19.3. The molecule has 0 unspecified atom stereocenters. The predicted octanol–water partition coefficient (Wildman–Crippen LogP) is 2.38. The SMILES string of the molecule is Cc1cc(C#N)c([N+](=O)[O-])cc1OC(F)F. The molecule has 0 spiro atoms. The van der Waals surface area contributed by atoms with E-state index in [0.29, 0.717) is 0 Å². The van der Waals surface area contributed by atoms with E-state index >= 15 is 0 Å². The summed E-state index contributed by atoms with van der Waals surface area (Å²) in [4.78, 5) is 9.72. The van der Waals surface area contributed by atoms with Gasteiger partial charge in [-0.2, -0.15) is 14.0 Å². The topological polar surface area (TPSA) is 76.2 Å². The van der Waals surface area contributed by atoms with Crippen LogP contribution in [0.25, 0.3) is 0 Å². The van der Waals surface area contributed by atoms with Gasteiger partial charge in [0.25, 0.3) is 5.69 Å². The maximum atomic E-state index is 12.0. The Balaban J connectivity index is 3.29. The van der Waals surface area contributed by atoms with Gasteiger partial charge in [0.2, 0.25) is 0 Å². The monoisotopic (exact) mass is 228 g/mol. The summed E-state index contributed by atoms with van der Waals surface area (Å²) >= 11 is 0. The van der Waals surface area contributed by atoms with Crippen LogP contribution in [0.5, 0.6) is 5.75 Å². The lowest BCUT2D eigenvalue weighted by atomic mass is 10.1. The first-order valence-electron chi connectivity index (χ1n) is 4.09. The van der Waals surface area contributed by atoms with Gasteiger partial charge in [0.05, 0.1) is 11.0 Å². The molecule has 0 aliphatic carbocycles. The van der Waals surface area contributed by atoms with Crippen molar-refractivity contribution in [2.45, 2.75) is 13.5 Å². The Kier molecular flexibility index (Phi) is 3.35. The van der Waals surface area contributed by atoms with Crippen molar-refractivity contribution in [2.24, 2.45) is 0 Å². The predicted molar refractivity (Wildman–Crippen MR) is 49.2 cm³/mol. The van der Waals surface area contributed by atoms with Gasteiger partial charge in [-0.05, 0) is 18.6 Å². The van der Waals surface area contributed by atoms with E-state index in [1.165, 1.54) is 6.92 Å². The molecule has 0 aliphatic rings. The Morgan fingerprint density at radius 3 is 2.62 bits per heavy atom. The molecule has 0 atom stereocenters. The minimum Gasteiger partial charge on any atom is -0.434 e. The molecule has 0 fully saturated rings. The maximum absolute atomic E-state index is 12.0. The molecule has 1 aromatic carbocycles. The van der Waals surface area contributed by atoms with Crippen LogP contribution in [-0.2, 0) is 0 Å². The van der Waals surface area contributed by atoms with E-state index in [9.17, 15) is 18.9 Å². The van der Waals surface area contributed by atoms with Crippen molar-refractivity contribution < 1.29 is 18.4 Å². The minimum atomic E-state index is -3.06. The second-order valence-electron chi connectivity index (χ2n) is 2.88. The Morgan fingerprint density at radius 2 is 2.19 bits per heavy atom. The number of hydrogen-bond acceptors (Lipinski definition) is 4. The summed E-state index contributed by atoms with van der Waals surface area (Å²) in [5, 5.41) is 19.2. The van der Waals surface area contributed by atoms with E-state index in [0.717, 1.165) is 12.1 Å². The summed E-state index contributed by atoms with van der Waals surface area (Å²) in [5.74, 6) is -0.305.